The highest BCUT2D eigenvalue weighted by molar-refractivity contribution is 5.76. The number of unbranched alkanes of at least 4 members (excludes halogenated alkanes) is 53. The molecule has 0 bridgehead atoms. The molecule has 9 N–H and O–H groups in total. The van der Waals surface area contributed by atoms with Crippen molar-refractivity contribution in [1.29, 1.82) is 0 Å². The van der Waals surface area contributed by atoms with Gasteiger partial charge in [0.15, 0.2) is 12.6 Å². The summed E-state index contributed by atoms with van der Waals surface area (Å²) < 4.78 is 22.9. The van der Waals surface area contributed by atoms with Crippen molar-refractivity contribution in [2.75, 3.05) is 19.8 Å². The molecule has 99 heavy (non-hydrogen) atoms. The van der Waals surface area contributed by atoms with Crippen LogP contribution in [0.5, 0.6) is 0 Å². The molecule has 2 fully saturated rings. The first-order chi connectivity index (χ1) is 48.6. The lowest BCUT2D eigenvalue weighted by atomic mass is 9.97. The normalized spacial score (nSPS) is 22.1. The molecule has 2 aliphatic rings. The summed E-state index contributed by atoms with van der Waals surface area (Å²) >= 11 is 0. The first-order valence-corrected chi connectivity index (χ1v) is 42.4. The van der Waals surface area contributed by atoms with Crippen molar-refractivity contribution in [3.05, 3.63) is 48.6 Å². The van der Waals surface area contributed by atoms with Gasteiger partial charge in [-0.15, -0.1) is 0 Å². The number of nitrogens with one attached hydrogen (secondary N) is 1. The lowest BCUT2D eigenvalue weighted by Crippen LogP contribution is -2.65. The third-order valence-corrected chi connectivity index (χ3v) is 20.8. The third-order valence-electron chi connectivity index (χ3n) is 20.8. The van der Waals surface area contributed by atoms with Crippen molar-refractivity contribution in [1.82, 2.24) is 5.32 Å². The molecule has 0 aromatic heterocycles. The van der Waals surface area contributed by atoms with Crippen molar-refractivity contribution in [2.24, 2.45) is 0 Å². The number of hydrogen-bond donors (Lipinski definition) is 9. The average molecular weight is 1400 g/mol. The lowest BCUT2D eigenvalue weighted by Gasteiger charge is -2.46. The smallest absolute Gasteiger partial charge is 0.220 e. The van der Waals surface area contributed by atoms with Crippen LogP contribution in [0.3, 0.4) is 0 Å². The van der Waals surface area contributed by atoms with Crippen molar-refractivity contribution in [2.45, 2.75) is 466 Å². The van der Waals surface area contributed by atoms with Crippen molar-refractivity contribution in [3.8, 4) is 0 Å². The zero-order valence-corrected chi connectivity index (χ0v) is 64.0. The number of allylic oxidation sites excluding steroid dienone is 7. The molecule has 0 radical (unpaired) electrons. The van der Waals surface area contributed by atoms with Gasteiger partial charge in [-0.1, -0.05) is 377 Å². The molecule has 1 amide bonds. The first kappa shape index (κ1) is 93.0. The van der Waals surface area contributed by atoms with Gasteiger partial charge in [0.05, 0.1) is 32.0 Å². The van der Waals surface area contributed by atoms with Crippen LogP contribution in [0.15, 0.2) is 48.6 Å². The molecule has 0 saturated carbocycles. The Balaban J connectivity index is 1.57. The van der Waals surface area contributed by atoms with Crippen LogP contribution in [0.4, 0.5) is 0 Å². The molecular formula is C85H159NO13. The van der Waals surface area contributed by atoms with Crippen LogP contribution in [0.25, 0.3) is 0 Å². The highest BCUT2D eigenvalue weighted by Crippen LogP contribution is 2.30. The Bertz CT molecular complexity index is 1850. The molecule has 12 unspecified atom stereocenters. The molecule has 0 aliphatic carbocycles. The van der Waals surface area contributed by atoms with Crippen LogP contribution in [0.2, 0.25) is 0 Å². The number of hydrogen-bond acceptors (Lipinski definition) is 13. The summed E-state index contributed by atoms with van der Waals surface area (Å²) in [5, 5.41) is 87.8. The van der Waals surface area contributed by atoms with Crippen molar-refractivity contribution >= 4 is 5.91 Å². The van der Waals surface area contributed by atoms with Crippen molar-refractivity contribution < 1.29 is 64.6 Å². The standard InChI is InChI=1S/C85H159NO13/c1-3-5-7-9-11-13-15-17-19-21-23-25-27-29-31-32-33-34-35-36-37-38-39-40-41-42-43-45-47-49-51-53-55-57-59-61-63-65-67-69-77(90)86-73(72-96-84-82(95)80(93)83(76(71-88)98-84)99-85-81(94)79(92)78(91)75(70-87)97-85)74(89)68-66-64-62-60-58-56-54-52-50-48-46-44-30-28-26-24-22-20-18-16-14-12-10-8-6-4-2/h15,17,21,23,27,29,66,68,73-76,78-85,87-89,91-95H,3-14,16,18-20,22,24-26,28,30-65,67,69-72H2,1-2H3,(H,86,90)/b17-15-,23-21-,29-27-,68-66+. The summed E-state index contributed by atoms with van der Waals surface area (Å²) in [4.78, 5) is 13.4. The summed E-state index contributed by atoms with van der Waals surface area (Å²) in [5.41, 5.74) is 0. The van der Waals surface area contributed by atoms with Crippen LogP contribution < -0.4 is 5.32 Å². The Labute approximate surface area is 607 Å². The Kier molecular flexibility index (Phi) is 64.9. The van der Waals surface area contributed by atoms with Crippen molar-refractivity contribution in [3.63, 3.8) is 0 Å². The Morgan fingerprint density at radius 2 is 0.667 bits per heavy atom. The minimum Gasteiger partial charge on any atom is -0.394 e. The van der Waals surface area contributed by atoms with Gasteiger partial charge in [-0.3, -0.25) is 4.79 Å². The Hall–Kier alpha value is -2.05. The fourth-order valence-corrected chi connectivity index (χ4v) is 14.1. The SMILES string of the molecule is CCCCCCC/C=C\C/C=C\C/C=C\CCCCCCCCCCCCCCCCCCCCCCCCCCC(=O)NC(COC1OC(CO)C(OC2OC(CO)C(O)C(O)C2O)C(O)C1O)C(O)/C=C/CCCCCCCCCCCCCCCCCCCCCCCCCC. The maximum Gasteiger partial charge on any atom is 0.220 e. The maximum atomic E-state index is 13.4. The van der Waals surface area contributed by atoms with Gasteiger partial charge >= 0.3 is 0 Å². The molecule has 14 nitrogen and oxygen atoms in total. The summed E-state index contributed by atoms with van der Waals surface area (Å²) in [7, 11) is 0. The minimum absolute atomic E-state index is 0.231. The summed E-state index contributed by atoms with van der Waals surface area (Å²) in [6, 6.07) is -0.915. The quantitative estimate of drug-likeness (QED) is 0.0204. The Morgan fingerprint density at radius 3 is 1.02 bits per heavy atom. The van der Waals surface area contributed by atoms with Gasteiger partial charge in [0.1, 0.15) is 48.8 Å². The third kappa shape index (κ3) is 51.7. The molecule has 2 rings (SSSR count). The van der Waals surface area contributed by atoms with E-state index in [9.17, 15) is 45.6 Å². The number of rotatable bonds is 72. The molecule has 2 aliphatic heterocycles. The van der Waals surface area contributed by atoms with Gasteiger partial charge in [-0.25, -0.2) is 0 Å². The number of aliphatic hydroxyl groups excluding tert-OH is 8. The van der Waals surface area contributed by atoms with Crippen LogP contribution in [0.1, 0.15) is 393 Å². The number of amides is 1. The number of aliphatic hydroxyl groups is 8. The highest BCUT2D eigenvalue weighted by atomic mass is 16.7. The molecule has 0 aromatic rings. The number of carbonyl (C=O) groups excluding carboxylic acids is 1. The predicted octanol–water partition coefficient (Wildman–Crippen LogP) is 19.8. The van der Waals surface area contributed by atoms with Gasteiger partial charge in [0, 0.05) is 6.42 Å². The van der Waals surface area contributed by atoms with E-state index in [4.69, 9.17) is 18.9 Å². The van der Waals surface area contributed by atoms with Gasteiger partial charge in [0.25, 0.3) is 0 Å². The van der Waals surface area contributed by atoms with Crippen LogP contribution in [0, 0.1) is 0 Å². The fraction of sp³-hybridized carbons (Fsp3) is 0.894. The molecule has 2 heterocycles. The van der Waals surface area contributed by atoms with E-state index in [1.807, 2.05) is 6.08 Å². The molecule has 14 heteroatoms. The summed E-state index contributed by atoms with van der Waals surface area (Å²) in [6.45, 7) is 2.85. The largest absolute Gasteiger partial charge is 0.394 e. The van der Waals surface area contributed by atoms with E-state index >= 15 is 0 Å². The van der Waals surface area contributed by atoms with E-state index in [2.05, 4.69) is 55.6 Å². The monoisotopic (exact) mass is 1400 g/mol. The van der Waals surface area contributed by atoms with Gasteiger partial charge < -0.3 is 65.1 Å². The van der Waals surface area contributed by atoms with Crippen LogP contribution >= 0.6 is 0 Å². The minimum atomic E-state index is -1.79. The van der Waals surface area contributed by atoms with Crippen LogP contribution in [-0.2, 0) is 23.7 Å². The number of ether oxygens (including phenoxy) is 4. The molecule has 0 spiro atoms. The first-order valence-electron chi connectivity index (χ1n) is 42.4. The molecule has 2 saturated heterocycles. The predicted molar refractivity (Wildman–Crippen MR) is 411 cm³/mol. The fourth-order valence-electron chi connectivity index (χ4n) is 14.1. The van der Waals surface area contributed by atoms with E-state index in [0.29, 0.717) is 6.42 Å². The highest BCUT2D eigenvalue weighted by Gasteiger charge is 2.51. The van der Waals surface area contributed by atoms with E-state index < -0.39 is 86.8 Å². The summed E-state index contributed by atoms with van der Waals surface area (Å²) in [6.07, 6.45) is 76.4. The van der Waals surface area contributed by atoms with E-state index in [-0.39, 0.29) is 18.9 Å². The second-order valence-corrected chi connectivity index (χ2v) is 30.0. The zero-order chi connectivity index (χ0) is 71.5. The van der Waals surface area contributed by atoms with Crippen LogP contribution in [-0.4, -0.2) is 140 Å². The van der Waals surface area contributed by atoms with E-state index in [0.717, 1.165) is 51.4 Å². The second kappa shape index (κ2) is 69.0. The molecule has 0 aromatic carbocycles. The van der Waals surface area contributed by atoms with Gasteiger partial charge in [-0.05, 0) is 57.8 Å². The van der Waals surface area contributed by atoms with Gasteiger partial charge in [0.2, 0.25) is 5.91 Å². The Morgan fingerprint density at radius 1 is 0.364 bits per heavy atom. The van der Waals surface area contributed by atoms with Gasteiger partial charge in [-0.2, -0.15) is 0 Å². The van der Waals surface area contributed by atoms with E-state index in [1.165, 1.54) is 315 Å². The topological polar surface area (TPSA) is 228 Å². The molecule has 582 valence electrons. The maximum absolute atomic E-state index is 13.4. The average Bonchev–Trinajstić information content (AvgIpc) is 0.794. The lowest BCUT2D eigenvalue weighted by molar-refractivity contribution is -0.359. The molecule has 12 atom stereocenters. The zero-order valence-electron chi connectivity index (χ0n) is 64.0. The molecular weight excluding hydrogens is 1240 g/mol. The summed E-state index contributed by atoms with van der Waals surface area (Å²) in [5.74, 6) is -0.231. The number of carbonyl (C=O) groups is 1. The van der Waals surface area contributed by atoms with E-state index in [1.54, 1.807) is 6.08 Å². The second-order valence-electron chi connectivity index (χ2n) is 30.0.